The molecule has 0 aliphatic heterocycles. The Labute approximate surface area is 64.8 Å². The predicted octanol–water partition coefficient (Wildman–Crippen LogP) is 1.11. The Morgan fingerprint density at radius 1 is 1.82 bits per heavy atom. The van der Waals surface area contributed by atoms with Crippen molar-refractivity contribution >= 4 is 0 Å². The standard InChI is InChI=1S/C7H9N3O/c1-5-3-9-7(11-5)6(2)10-4-8/h3,6,10H,1-2H3. The van der Waals surface area contributed by atoms with Crippen LogP contribution >= 0.6 is 0 Å². The van der Waals surface area contributed by atoms with E-state index in [9.17, 15) is 0 Å². The van der Waals surface area contributed by atoms with Crippen LogP contribution in [0.2, 0.25) is 0 Å². The van der Waals surface area contributed by atoms with Crippen LogP contribution in [0.4, 0.5) is 0 Å². The molecule has 1 unspecified atom stereocenters. The van der Waals surface area contributed by atoms with Crippen molar-refractivity contribution in [2.75, 3.05) is 0 Å². The first-order chi connectivity index (χ1) is 5.24. The first-order valence-electron chi connectivity index (χ1n) is 3.31. The molecule has 0 bridgehead atoms. The number of oxazole rings is 1. The van der Waals surface area contributed by atoms with Crippen LogP contribution in [0.3, 0.4) is 0 Å². The van der Waals surface area contributed by atoms with E-state index in [4.69, 9.17) is 9.68 Å². The van der Waals surface area contributed by atoms with Gasteiger partial charge < -0.3 is 9.73 Å². The van der Waals surface area contributed by atoms with Gasteiger partial charge in [-0.3, -0.25) is 0 Å². The Morgan fingerprint density at radius 2 is 2.55 bits per heavy atom. The summed E-state index contributed by atoms with van der Waals surface area (Å²) in [5.74, 6) is 1.30. The highest BCUT2D eigenvalue weighted by Gasteiger charge is 2.08. The number of nitriles is 1. The second kappa shape index (κ2) is 3.06. The zero-order valence-corrected chi connectivity index (χ0v) is 6.46. The lowest BCUT2D eigenvalue weighted by Gasteiger charge is -2.01. The summed E-state index contributed by atoms with van der Waals surface area (Å²) in [4.78, 5) is 3.95. The van der Waals surface area contributed by atoms with Crippen molar-refractivity contribution in [2.45, 2.75) is 19.9 Å². The topological polar surface area (TPSA) is 61.9 Å². The molecule has 1 aromatic rings. The average Bonchev–Trinajstić information content (AvgIpc) is 2.36. The molecule has 1 N–H and O–H groups in total. The summed E-state index contributed by atoms with van der Waals surface area (Å²) in [7, 11) is 0. The second-order valence-electron chi connectivity index (χ2n) is 2.29. The van der Waals surface area contributed by atoms with Crippen LogP contribution < -0.4 is 5.32 Å². The van der Waals surface area contributed by atoms with E-state index < -0.39 is 0 Å². The maximum absolute atomic E-state index is 8.27. The minimum Gasteiger partial charge on any atom is -0.444 e. The molecule has 58 valence electrons. The molecule has 0 saturated heterocycles. The molecule has 1 heterocycles. The molecule has 0 aliphatic carbocycles. The number of aromatic nitrogens is 1. The number of rotatable bonds is 2. The van der Waals surface area contributed by atoms with E-state index in [1.165, 1.54) is 0 Å². The summed E-state index contributed by atoms with van der Waals surface area (Å²) in [5.41, 5.74) is 0. The molecular formula is C7H9N3O. The lowest BCUT2D eigenvalue weighted by molar-refractivity contribution is 0.426. The van der Waals surface area contributed by atoms with E-state index in [-0.39, 0.29) is 6.04 Å². The highest BCUT2D eigenvalue weighted by Crippen LogP contribution is 2.10. The van der Waals surface area contributed by atoms with Crippen LogP contribution in [0.1, 0.15) is 24.6 Å². The molecule has 0 saturated carbocycles. The van der Waals surface area contributed by atoms with E-state index in [1.54, 1.807) is 6.20 Å². The van der Waals surface area contributed by atoms with Crippen LogP contribution in [0, 0.1) is 18.4 Å². The van der Waals surface area contributed by atoms with E-state index in [0.717, 1.165) is 5.76 Å². The van der Waals surface area contributed by atoms with Crippen molar-refractivity contribution in [1.82, 2.24) is 10.3 Å². The van der Waals surface area contributed by atoms with Gasteiger partial charge in [-0.25, -0.2) is 4.98 Å². The van der Waals surface area contributed by atoms with Gasteiger partial charge in [-0.15, -0.1) is 0 Å². The maximum Gasteiger partial charge on any atom is 0.217 e. The third-order valence-corrected chi connectivity index (χ3v) is 1.29. The Balaban J connectivity index is 2.70. The van der Waals surface area contributed by atoms with Crippen LogP contribution in [-0.4, -0.2) is 4.98 Å². The number of nitrogens with zero attached hydrogens (tertiary/aromatic N) is 2. The Hall–Kier alpha value is -1.50. The van der Waals surface area contributed by atoms with Gasteiger partial charge in [0.2, 0.25) is 5.89 Å². The summed E-state index contributed by atoms with van der Waals surface area (Å²) >= 11 is 0. The van der Waals surface area contributed by atoms with Gasteiger partial charge in [-0.2, -0.15) is 5.26 Å². The molecule has 0 aliphatic rings. The first-order valence-corrected chi connectivity index (χ1v) is 3.31. The highest BCUT2D eigenvalue weighted by molar-refractivity contribution is 4.96. The largest absolute Gasteiger partial charge is 0.444 e. The molecule has 1 aromatic heterocycles. The normalized spacial score (nSPS) is 12.1. The van der Waals surface area contributed by atoms with Gasteiger partial charge in [0.1, 0.15) is 11.8 Å². The zero-order valence-electron chi connectivity index (χ0n) is 6.46. The molecule has 0 aromatic carbocycles. The molecule has 1 atom stereocenters. The van der Waals surface area contributed by atoms with Crippen molar-refractivity contribution in [2.24, 2.45) is 0 Å². The lowest BCUT2D eigenvalue weighted by Crippen LogP contribution is -2.11. The van der Waals surface area contributed by atoms with Crippen molar-refractivity contribution in [3.63, 3.8) is 0 Å². The predicted molar refractivity (Wildman–Crippen MR) is 38.4 cm³/mol. The van der Waals surface area contributed by atoms with Gasteiger partial charge in [-0.05, 0) is 13.8 Å². The highest BCUT2D eigenvalue weighted by atomic mass is 16.4. The fourth-order valence-corrected chi connectivity index (χ4v) is 0.731. The SMILES string of the molecule is Cc1cnc(C(C)NC#N)o1. The average molecular weight is 151 g/mol. The quantitative estimate of drug-likeness (QED) is 0.508. The monoisotopic (exact) mass is 151 g/mol. The fraction of sp³-hybridized carbons (Fsp3) is 0.429. The summed E-state index contributed by atoms with van der Waals surface area (Å²) < 4.78 is 5.17. The smallest absolute Gasteiger partial charge is 0.217 e. The zero-order chi connectivity index (χ0) is 8.27. The molecule has 0 fully saturated rings. The van der Waals surface area contributed by atoms with Crippen molar-refractivity contribution in [3.8, 4) is 6.19 Å². The maximum atomic E-state index is 8.27. The van der Waals surface area contributed by atoms with Crippen LogP contribution in [-0.2, 0) is 0 Å². The molecule has 0 spiro atoms. The fourth-order valence-electron chi connectivity index (χ4n) is 0.731. The molecular weight excluding hydrogens is 142 g/mol. The Morgan fingerprint density at radius 3 is 3.00 bits per heavy atom. The minimum atomic E-state index is -0.145. The molecule has 4 heteroatoms. The number of nitrogens with one attached hydrogen (secondary N) is 1. The van der Waals surface area contributed by atoms with E-state index in [2.05, 4.69) is 10.3 Å². The molecule has 0 radical (unpaired) electrons. The van der Waals surface area contributed by atoms with Gasteiger partial charge in [0.05, 0.1) is 6.20 Å². The van der Waals surface area contributed by atoms with Crippen molar-refractivity contribution < 1.29 is 4.42 Å². The number of hydrogen-bond acceptors (Lipinski definition) is 4. The third-order valence-electron chi connectivity index (χ3n) is 1.29. The van der Waals surface area contributed by atoms with Gasteiger partial charge in [0, 0.05) is 0 Å². The van der Waals surface area contributed by atoms with E-state index in [1.807, 2.05) is 20.0 Å². The van der Waals surface area contributed by atoms with Crippen LogP contribution in [0.5, 0.6) is 0 Å². The molecule has 1 rings (SSSR count). The van der Waals surface area contributed by atoms with Crippen LogP contribution in [0.25, 0.3) is 0 Å². The summed E-state index contributed by atoms with van der Waals surface area (Å²) in [6.07, 6.45) is 3.46. The van der Waals surface area contributed by atoms with Gasteiger partial charge in [0.25, 0.3) is 0 Å². The second-order valence-corrected chi connectivity index (χ2v) is 2.29. The first kappa shape index (κ1) is 7.61. The van der Waals surface area contributed by atoms with Crippen molar-refractivity contribution in [3.05, 3.63) is 17.8 Å². The summed E-state index contributed by atoms with van der Waals surface area (Å²) in [6, 6.07) is -0.145. The van der Waals surface area contributed by atoms with Gasteiger partial charge >= 0.3 is 0 Å². The van der Waals surface area contributed by atoms with E-state index in [0.29, 0.717) is 5.89 Å². The van der Waals surface area contributed by atoms with Crippen molar-refractivity contribution in [1.29, 1.82) is 5.26 Å². The third kappa shape index (κ3) is 1.71. The minimum absolute atomic E-state index is 0.145. The van der Waals surface area contributed by atoms with E-state index >= 15 is 0 Å². The summed E-state index contributed by atoms with van der Waals surface area (Å²) in [6.45, 7) is 3.63. The Kier molecular flexibility index (Phi) is 2.12. The van der Waals surface area contributed by atoms with Gasteiger partial charge in [-0.1, -0.05) is 0 Å². The number of aryl methyl sites for hydroxylation is 1. The Bertz CT molecular complexity index is 273. The van der Waals surface area contributed by atoms with Gasteiger partial charge in [0.15, 0.2) is 6.19 Å². The lowest BCUT2D eigenvalue weighted by atomic mass is 10.3. The molecule has 11 heavy (non-hydrogen) atoms. The van der Waals surface area contributed by atoms with Crippen LogP contribution in [0.15, 0.2) is 10.6 Å². The molecule has 4 nitrogen and oxygen atoms in total. The number of hydrogen-bond donors (Lipinski definition) is 1. The molecule has 0 amide bonds. The summed E-state index contributed by atoms with van der Waals surface area (Å²) in [5, 5.41) is 10.8.